The summed E-state index contributed by atoms with van der Waals surface area (Å²) in [5.41, 5.74) is 1.18. The molecule has 0 unspecified atom stereocenters. The lowest BCUT2D eigenvalue weighted by Crippen LogP contribution is -2.57. The van der Waals surface area contributed by atoms with Gasteiger partial charge in [0.25, 0.3) is 11.8 Å². The Balaban J connectivity index is 1.88. The smallest absolute Gasteiger partial charge is 0.261 e. The van der Waals surface area contributed by atoms with Crippen molar-refractivity contribution in [3.05, 3.63) is 64.7 Å². The number of carbonyl (C=O) groups excluding carboxylic acids is 3. The molecular formula is C23H26ClN3O5S. The Kier molecular flexibility index (Phi) is 7.76. The fraction of sp³-hybridized carbons (Fsp3) is 0.348. The molecule has 2 aromatic rings. The summed E-state index contributed by atoms with van der Waals surface area (Å²) in [5.74, 6) is -1.44. The zero-order chi connectivity index (χ0) is 24.2. The van der Waals surface area contributed by atoms with E-state index < -0.39 is 27.0 Å². The zero-order valence-electron chi connectivity index (χ0n) is 18.5. The number of aryl methyl sites for hydroxylation is 1. The molecular weight excluding hydrogens is 466 g/mol. The molecule has 1 fully saturated rings. The Morgan fingerprint density at radius 3 is 2.03 bits per heavy atom. The number of nitrogens with zero attached hydrogens (tertiary/aromatic N) is 2. The molecule has 0 spiro atoms. The van der Waals surface area contributed by atoms with E-state index in [1.54, 1.807) is 36.1 Å². The second kappa shape index (κ2) is 10.4. The van der Waals surface area contributed by atoms with Crippen LogP contribution in [-0.2, 0) is 19.4 Å². The number of hydrogen-bond donors (Lipinski definition) is 1. The third-order valence-corrected chi connectivity index (χ3v) is 7.62. The molecule has 10 heteroatoms. The van der Waals surface area contributed by atoms with Crippen LogP contribution in [-0.4, -0.2) is 67.5 Å². The maximum atomic E-state index is 13.4. The standard InChI is InChI=1S/C23H26ClN3O5S/c1-3-20(28)26-12-14-27(15-13-26)23(30)22(25-21(29)17-6-4-16(2)5-7-17)33(31,32)19-10-8-18(24)9-11-19/h4-11,22H,3,12-15H2,1-2H3,(H,25,29)/t22-/m1/s1. The molecule has 1 atom stereocenters. The zero-order valence-corrected chi connectivity index (χ0v) is 20.0. The second-order valence-electron chi connectivity index (χ2n) is 7.78. The Morgan fingerprint density at radius 1 is 0.939 bits per heavy atom. The van der Waals surface area contributed by atoms with Crippen molar-refractivity contribution < 1.29 is 22.8 Å². The summed E-state index contributed by atoms with van der Waals surface area (Å²) in [7, 11) is -4.27. The molecule has 0 bridgehead atoms. The van der Waals surface area contributed by atoms with Gasteiger partial charge in [-0.3, -0.25) is 14.4 Å². The highest BCUT2D eigenvalue weighted by Gasteiger charge is 2.39. The van der Waals surface area contributed by atoms with E-state index in [2.05, 4.69) is 5.32 Å². The van der Waals surface area contributed by atoms with Crippen LogP contribution in [0.2, 0.25) is 5.02 Å². The van der Waals surface area contributed by atoms with E-state index in [1.807, 2.05) is 6.92 Å². The summed E-state index contributed by atoms with van der Waals surface area (Å²) >= 11 is 5.88. The summed E-state index contributed by atoms with van der Waals surface area (Å²) in [4.78, 5) is 41.0. The van der Waals surface area contributed by atoms with Gasteiger partial charge in [0.1, 0.15) is 0 Å². The number of piperazine rings is 1. The number of nitrogens with one attached hydrogen (secondary N) is 1. The lowest BCUT2D eigenvalue weighted by atomic mass is 10.1. The van der Waals surface area contributed by atoms with Gasteiger partial charge >= 0.3 is 0 Å². The van der Waals surface area contributed by atoms with Crippen molar-refractivity contribution >= 4 is 39.2 Å². The van der Waals surface area contributed by atoms with Crippen LogP contribution >= 0.6 is 11.6 Å². The molecule has 1 heterocycles. The van der Waals surface area contributed by atoms with Crippen molar-refractivity contribution in [1.82, 2.24) is 15.1 Å². The van der Waals surface area contributed by atoms with E-state index in [0.29, 0.717) is 24.5 Å². The highest BCUT2D eigenvalue weighted by molar-refractivity contribution is 7.92. The first-order chi connectivity index (χ1) is 15.6. The average molecular weight is 492 g/mol. The van der Waals surface area contributed by atoms with Crippen LogP contribution in [0.4, 0.5) is 0 Å². The van der Waals surface area contributed by atoms with Crippen molar-refractivity contribution in [1.29, 1.82) is 0 Å². The van der Waals surface area contributed by atoms with Crippen LogP contribution in [0.15, 0.2) is 53.4 Å². The van der Waals surface area contributed by atoms with Crippen LogP contribution in [0, 0.1) is 6.92 Å². The monoisotopic (exact) mass is 491 g/mol. The first-order valence-electron chi connectivity index (χ1n) is 10.6. The molecule has 1 N–H and O–H groups in total. The van der Waals surface area contributed by atoms with Crippen LogP contribution < -0.4 is 5.32 Å². The van der Waals surface area contributed by atoms with E-state index in [-0.39, 0.29) is 29.5 Å². The molecule has 0 saturated carbocycles. The first kappa shape index (κ1) is 24.7. The van der Waals surface area contributed by atoms with Crippen molar-refractivity contribution in [2.75, 3.05) is 26.2 Å². The second-order valence-corrected chi connectivity index (χ2v) is 10.2. The number of benzene rings is 2. The molecule has 0 radical (unpaired) electrons. The van der Waals surface area contributed by atoms with E-state index in [9.17, 15) is 22.8 Å². The Labute approximate surface area is 198 Å². The molecule has 3 rings (SSSR count). The minimum Gasteiger partial charge on any atom is -0.339 e. The summed E-state index contributed by atoms with van der Waals surface area (Å²) in [6.45, 7) is 4.59. The quantitative estimate of drug-likeness (QED) is 0.667. The molecule has 33 heavy (non-hydrogen) atoms. The minimum atomic E-state index is -4.27. The number of hydrogen-bond acceptors (Lipinski definition) is 5. The Bertz CT molecular complexity index is 1130. The molecule has 0 aliphatic carbocycles. The van der Waals surface area contributed by atoms with Gasteiger partial charge in [-0.25, -0.2) is 8.42 Å². The average Bonchev–Trinajstić information content (AvgIpc) is 2.82. The van der Waals surface area contributed by atoms with Crippen LogP contribution in [0.3, 0.4) is 0 Å². The molecule has 8 nitrogen and oxygen atoms in total. The topological polar surface area (TPSA) is 104 Å². The van der Waals surface area contributed by atoms with Crippen molar-refractivity contribution in [3.63, 3.8) is 0 Å². The molecule has 3 amide bonds. The Morgan fingerprint density at radius 2 is 1.48 bits per heavy atom. The van der Waals surface area contributed by atoms with Crippen molar-refractivity contribution in [2.24, 2.45) is 0 Å². The lowest BCUT2D eigenvalue weighted by Gasteiger charge is -2.36. The van der Waals surface area contributed by atoms with Crippen molar-refractivity contribution in [2.45, 2.75) is 30.5 Å². The van der Waals surface area contributed by atoms with E-state index in [0.717, 1.165) is 5.56 Å². The van der Waals surface area contributed by atoms with Gasteiger partial charge in [-0.1, -0.05) is 36.2 Å². The number of carbonyl (C=O) groups is 3. The van der Waals surface area contributed by atoms with Gasteiger partial charge in [-0.15, -0.1) is 0 Å². The first-order valence-corrected chi connectivity index (χ1v) is 12.5. The number of rotatable bonds is 6. The van der Waals surface area contributed by atoms with Gasteiger partial charge in [0.15, 0.2) is 0 Å². The Hall–Kier alpha value is -2.91. The summed E-state index contributed by atoms with van der Waals surface area (Å²) < 4.78 is 26.8. The van der Waals surface area contributed by atoms with E-state index >= 15 is 0 Å². The number of halogens is 1. The normalized spacial score (nSPS) is 15.1. The third kappa shape index (κ3) is 5.72. The molecule has 176 valence electrons. The minimum absolute atomic E-state index is 0.0277. The summed E-state index contributed by atoms with van der Waals surface area (Å²) in [6, 6.07) is 12.0. The summed E-state index contributed by atoms with van der Waals surface area (Å²) in [6.07, 6.45) is 0.355. The van der Waals surface area contributed by atoms with Crippen LogP contribution in [0.25, 0.3) is 0 Å². The van der Waals surface area contributed by atoms with Crippen molar-refractivity contribution in [3.8, 4) is 0 Å². The molecule has 1 aliphatic heterocycles. The highest BCUT2D eigenvalue weighted by Crippen LogP contribution is 2.20. The van der Waals surface area contributed by atoms with Crippen LogP contribution in [0.1, 0.15) is 29.3 Å². The number of sulfone groups is 1. The molecule has 1 aliphatic rings. The van der Waals surface area contributed by atoms with Gasteiger partial charge in [-0.2, -0.15) is 0 Å². The predicted molar refractivity (Wildman–Crippen MR) is 125 cm³/mol. The molecule has 0 aromatic heterocycles. The van der Waals surface area contributed by atoms with Gasteiger partial charge in [-0.05, 0) is 43.3 Å². The largest absolute Gasteiger partial charge is 0.339 e. The molecule has 2 aromatic carbocycles. The van der Waals surface area contributed by atoms with Gasteiger partial charge in [0, 0.05) is 43.2 Å². The van der Waals surface area contributed by atoms with E-state index in [4.69, 9.17) is 11.6 Å². The maximum Gasteiger partial charge on any atom is 0.261 e. The fourth-order valence-corrected chi connectivity index (χ4v) is 5.10. The van der Waals surface area contributed by atoms with Gasteiger partial charge in [0.2, 0.25) is 21.1 Å². The summed E-state index contributed by atoms with van der Waals surface area (Å²) in [5, 5.41) is 0.943. The van der Waals surface area contributed by atoms with Gasteiger partial charge in [0.05, 0.1) is 4.90 Å². The van der Waals surface area contributed by atoms with Crippen LogP contribution in [0.5, 0.6) is 0 Å². The predicted octanol–water partition coefficient (Wildman–Crippen LogP) is 2.26. The molecule has 1 saturated heterocycles. The lowest BCUT2D eigenvalue weighted by molar-refractivity contribution is -0.139. The fourth-order valence-electron chi connectivity index (χ4n) is 3.51. The highest BCUT2D eigenvalue weighted by atomic mass is 35.5. The third-order valence-electron chi connectivity index (χ3n) is 5.50. The SMILES string of the molecule is CCC(=O)N1CCN(C(=O)[C@H](NC(=O)c2ccc(C)cc2)S(=O)(=O)c2ccc(Cl)cc2)CC1. The maximum absolute atomic E-state index is 13.4. The van der Waals surface area contributed by atoms with E-state index in [1.165, 1.54) is 29.2 Å². The van der Waals surface area contributed by atoms with Gasteiger partial charge < -0.3 is 15.1 Å². The number of amides is 3.